The van der Waals surface area contributed by atoms with Crippen molar-refractivity contribution in [2.24, 2.45) is 5.92 Å². The summed E-state index contributed by atoms with van der Waals surface area (Å²) in [6, 6.07) is 12.5. The Hall–Kier alpha value is -2.55. The molecule has 2 aromatic carbocycles. The van der Waals surface area contributed by atoms with Gasteiger partial charge in [-0.1, -0.05) is 63.6 Å². The molecule has 0 amide bonds. The van der Waals surface area contributed by atoms with Crippen LogP contribution in [-0.4, -0.2) is 39.6 Å². The molecular formula is C31H41F5O4. The molecule has 3 N–H and O–H groups in total. The molecule has 2 aromatic rings. The first-order valence-electron chi connectivity index (χ1n) is 14.3. The van der Waals surface area contributed by atoms with Gasteiger partial charge in [-0.25, -0.2) is 0 Å². The van der Waals surface area contributed by atoms with Crippen molar-refractivity contribution in [3.8, 4) is 17.2 Å². The summed E-state index contributed by atoms with van der Waals surface area (Å²) in [5.74, 6) is -3.34. The summed E-state index contributed by atoms with van der Waals surface area (Å²) in [6.45, 7) is 2.17. The van der Waals surface area contributed by atoms with Gasteiger partial charge in [0.1, 0.15) is 23.4 Å². The van der Waals surface area contributed by atoms with Crippen LogP contribution in [0.5, 0.6) is 17.2 Å². The maximum Gasteiger partial charge on any atom is 0.453 e. The van der Waals surface area contributed by atoms with E-state index in [0.717, 1.165) is 62.5 Å². The van der Waals surface area contributed by atoms with Crippen molar-refractivity contribution in [1.29, 1.82) is 0 Å². The molecule has 0 bridgehead atoms. The molecule has 0 saturated carbocycles. The second kappa shape index (κ2) is 14.4. The standard InChI is InChI=1S/C31H41F5O4/c1-21-27(40-28-20-25(39)17-18-26(28)29(21)22-13-15-24(38)16-14-22)12-8-6-4-2-3-5-7-10-23(37)11-9-19-30(32,33)31(34,35)36/h13-18,20-21,23,27,29,37-39H,2-12,19H2,1H3. The normalized spacial score (nSPS) is 20.1. The van der Waals surface area contributed by atoms with Crippen molar-refractivity contribution in [2.45, 2.75) is 114 Å². The number of aliphatic hydroxyl groups excluding tert-OH is 1. The maximum atomic E-state index is 12.9. The van der Waals surface area contributed by atoms with Crippen LogP contribution in [0.2, 0.25) is 0 Å². The lowest BCUT2D eigenvalue weighted by Crippen LogP contribution is -2.36. The Morgan fingerprint density at radius 3 is 2.00 bits per heavy atom. The molecular weight excluding hydrogens is 531 g/mol. The van der Waals surface area contributed by atoms with E-state index in [2.05, 4.69) is 6.92 Å². The first kappa shape index (κ1) is 32.0. The van der Waals surface area contributed by atoms with E-state index in [4.69, 9.17) is 4.74 Å². The van der Waals surface area contributed by atoms with Gasteiger partial charge in [0.25, 0.3) is 0 Å². The van der Waals surface area contributed by atoms with E-state index >= 15 is 0 Å². The molecule has 4 unspecified atom stereocenters. The summed E-state index contributed by atoms with van der Waals surface area (Å²) >= 11 is 0. The molecule has 9 heteroatoms. The van der Waals surface area contributed by atoms with Gasteiger partial charge in [0.05, 0.1) is 6.10 Å². The maximum absolute atomic E-state index is 12.9. The van der Waals surface area contributed by atoms with Gasteiger partial charge >= 0.3 is 12.1 Å². The summed E-state index contributed by atoms with van der Waals surface area (Å²) in [5, 5.41) is 29.6. The Morgan fingerprint density at radius 2 is 1.35 bits per heavy atom. The number of halogens is 5. The molecule has 0 fully saturated rings. The summed E-state index contributed by atoms with van der Waals surface area (Å²) in [5.41, 5.74) is 2.12. The number of phenols is 2. The van der Waals surface area contributed by atoms with Crippen molar-refractivity contribution in [2.75, 3.05) is 0 Å². The van der Waals surface area contributed by atoms with Crippen LogP contribution in [0.3, 0.4) is 0 Å². The monoisotopic (exact) mass is 572 g/mol. The molecule has 40 heavy (non-hydrogen) atoms. The predicted molar refractivity (Wildman–Crippen MR) is 144 cm³/mol. The quantitative estimate of drug-likeness (QED) is 0.147. The fraction of sp³-hybridized carbons (Fsp3) is 0.613. The molecule has 1 heterocycles. The molecule has 0 aromatic heterocycles. The SMILES string of the molecule is CC1C(CCCCCCCCCC(O)CCCC(F)(F)C(F)(F)F)Oc2cc(O)ccc2C1c1ccc(O)cc1. The van der Waals surface area contributed by atoms with Gasteiger partial charge in [-0.2, -0.15) is 22.0 Å². The summed E-state index contributed by atoms with van der Waals surface area (Å²) < 4.78 is 68.7. The lowest BCUT2D eigenvalue weighted by Gasteiger charge is -2.38. The van der Waals surface area contributed by atoms with Gasteiger partial charge in [0.15, 0.2) is 0 Å². The topological polar surface area (TPSA) is 69.9 Å². The third kappa shape index (κ3) is 8.98. The lowest BCUT2D eigenvalue weighted by atomic mass is 9.75. The number of phenolic OH excluding ortho intramolecular Hbond substituents is 2. The van der Waals surface area contributed by atoms with E-state index in [-0.39, 0.29) is 42.3 Å². The second-order valence-corrected chi connectivity index (χ2v) is 11.1. The van der Waals surface area contributed by atoms with Crippen molar-refractivity contribution in [1.82, 2.24) is 0 Å². The number of benzene rings is 2. The Kier molecular flexibility index (Phi) is 11.5. The minimum atomic E-state index is -5.54. The smallest absolute Gasteiger partial charge is 0.453 e. The zero-order valence-corrected chi connectivity index (χ0v) is 23.0. The average Bonchev–Trinajstić information content (AvgIpc) is 2.88. The van der Waals surface area contributed by atoms with E-state index in [1.165, 1.54) is 0 Å². The highest BCUT2D eigenvalue weighted by molar-refractivity contribution is 5.48. The highest BCUT2D eigenvalue weighted by atomic mass is 19.4. The largest absolute Gasteiger partial charge is 0.508 e. The predicted octanol–water partition coefficient (Wildman–Crippen LogP) is 8.87. The third-order valence-corrected chi connectivity index (χ3v) is 7.94. The lowest BCUT2D eigenvalue weighted by molar-refractivity contribution is -0.284. The Balaban J connectivity index is 1.33. The van der Waals surface area contributed by atoms with E-state index in [0.29, 0.717) is 12.2 Å². The Morgan fingerprint density at radius 1 is 0.775 bits per heavy atom. The Bertz CT molecular complexity index is 1040. The summed E-state index contributed by atoms with van der Waals surface area (Å²) in [4.78, 5) is 0. The summed E-state index contributed by atoms with van der Waals surface area (Å²) in [6.07, 6.45) is -0.112. The van der Waals surface area contributed by atoms with Gasteiger partial charge < -0.3 is 20.1 Å². The van der Waals surface area contributed by atoms with Crippen LogP contribution < -0.4 is 4.74 Å². The van der Waals surface area contributed by atoms with Gasteiger partial charge in [-0.05, 0) is 55.9 Å². The van der Waals surface area contributed by atoms with E-state index in [1.54, 1.807) is 24.3 Å². The molecule has 4 atom stereocenters. The molecule has 0 saturated heterocycles. The molecule has 0 aliphatic carbocycles. The van der Waals surface area contributed by atoms with Crippen molar-refractivity contribution < 1.29 is 42.0 Å². The van der Waals surface area contributed by atoms with E-state index < -0.39 is 24.6 Å². The van der Waals surface area contributed by atoms with Crippen LogP contribution in [0.15, 0.2) is 42.5 Å². The zero-order chi connectivity index (χ0) is 29.3. The fourth-order valence-electron chi connectivity index (χ4n) is 5.59. The minimum Gasteiger partial charge on any atom is -0.508 e. The number of hydrogen-bond acceptors (Lipinski definition) is 4. The van der Waals surface area contributed by atoms with Gasteiger partial charge in [-0.15, -0.1) is 0 Å². The molecule has 4 nitrogen and oxygen atoms in total. The van der Waals surface area contributed by atoms with Gasteiger partial charge in [-0.3, -0.25) is 0 Å². The minimum absolute atomic E-state index is 0.00864. The molecule has 1 aliphatic heterocycles. The first-order valence-corrected chi connectivity index (χ1v) is 14.3. The third-order valence-electron chi connectivity index (χ3n) is 7.94. The molecule has 3 rings (SSSR count). The Labute approximate surface area is 233 Å². The number of fused-ring (bicyclic) bond motifs is 1. The zero-order valence-electron chi connectivity index (χ0n) is 23.0. The van der Waals surface area contributed by atoms with Crippen LogP contribution in [0.4, 0.5) is 22.0 Å². The number of rotatable bonds is 15. The van der Waals surface area contributed by atoms with Crippen molar-refractivity contribution in [3.63, 3.8) is 0 Å². The molecule has 1 aliphatic rings. The van der Waals surface area contributed by atoms with Gasteiger partial charge in [0, 0.05) is 29.9 Å². The molecule has 0 spiro atoms. The number of aromatic hydroxyl groups is 2. The molecule has 0 radical (unpaired) electrons. The van der Waals surface area contributed by atoms with E-state index in [9.17, 15) is 37.3 Å². The van der Waals surface area contributed by atoms with Crippen molar-refractivity contribution in [3.05, 3.63) is 53.6 Å². The van der Waals surface area contributed by atoms with Crippen LogP contribution in [-0.2, 0) is 0 Å². The second-order valence-electron chi connectivity index (χ2n) is 11.1. The van der Waals surface area contributed by atoms with Crippen LogP contribution in [0.1, 0.15) is 101 Å². The number of aliphatic hydroxyl groups is 1. The van der Waals surface area contributed by atoms with E-state index in [1.807, 2.05) is 18.2 Å². The van der Waals surface area contributed by atoms with Crippen LogP contribution >= 0.6 is 0 Å². The highest BCUT2D eigenvalue weighted by Crippen LogP contribution is 2.46. The number of unbranched alkanes of at least 4 members (excludes halogenated alkanes) is 6. The van der Waals surface area contributed by atoms with Gasteiger partial charge in [0.2, 0.25) is 0 Å². The fourth-order valence-corrected chi connectivity index (χ4v) is 5.59. The summed E-state index contributed by atoms with van der Waals surface area (Å²) in [7, 11) is 0. The number of alkyl halides is 5. The number of hydrogen-bond donors (Lipinski definition) is 3. The number of ether oxygens (including phenoxy) is 1. The molecule has 224 valence electrons. The van der Waals surface area contributed by atoms with Crippen molar-refractivity contribution >= 4 is 0 Å². The van der Waals surface area contributed by atoms with Crippen LogP contribution in [0, 0.1) is 5.92 Å². The average molecular weight is 573 g/mol. The van der Waals surface area contributed by atoms with Crippen LogP contribution in [0.25, 0.3) is 0 Å². The first-order chi connectivity index (χ1) is 18.9. The highest BCUT2D eigenvalue weighted by Gasteiger charge is 2.56.